The van der Waals surface area contributed by atoms with Gasteiger partial charge in [0.1, 0.15) is 5.41 Å². The van der Waals surface area contributed by atoms with Crippen molar-refractivity contribution in [2.24, 2.45) is 0 Å². The van der Waals surface area contributed by atoms with E-state index < -0.39 is 27.5 Å². The molecule has 29 heavy (non-hydrogen) atoms. The first-order valence-corrected chi connectivity index (χ1v) is 11.0. The van der Waals surface area contributed by atoms with Crippen molar-refractivity contribution in [1.82, 2.24) is 0 Å². The molecular formula is C19H17Cl2F3NO3S-. The van der Waals surface area contributed by atoms with Gasteiger partial charge in [-0.25, -0.2) is 8.42 Å². The van der Waals surface area contributed by atoms with E-state index in [1.807, 2.05) is 0 Å². The Morgan fingerprint density at radius 2 is 1.66 bits per heavy atom. The molecule has 4 nitrogen and oxygen atoms in total. The standard InChI is InChI=1S/C19H18Cl2F3NO3S/c20-15-9-14(10-16(21)11-15)18(19(22,23)24)6-7-25(12-18)17-3-1-13(2-4-17)5-8-29(26,27)28/h1-4,9-11H,5-8,12H2,(H,26,27,28)/p-1. The molecule has 158 valence electrons. The molecule has 0 aromatic heterocycles. The van der Waals surface area contributed by atoms with Gasteiger partial charge in [-0.2, -0.15) is 13.2 Å². The van der Waals surface area contributed by atoms with E-state index >= 15 is 0 Å². The Morgan fingerprint density at radius 1 is 1.07 bits per heavy atom. The number of benzene rings is 2. The molecule has 1 aliphatic rings. The Morgan fingerprint density at radius 3 is 2.17 bits per heavy atom. The summed E-state index contributed by atoms with van der Waals surface area (Å²) < 4.78 is 74.6. The third kappa shape index (κ3) is 4.99. The summed E-state index contributed by atoms with van der Waals surface area (Å²) in [7, 11) is -4.32. The van der Waals surface area contributed by atoms with Crippen LogP contribution >= 0.6 is 23.2 Å². The largest absolute Gasteiger partial charge is 0.748 e. The zero-order valence-corrected chi connectivity index (χ0v) is 17.4. The van der Waals surface area contributed by atoms with Crippen molar-refractivity contribution in [2.45, 2.75) is 24.4 Å². The molecule has 1 saturated heterocycles. The monoisotopic (exact) mass is 466 g/mol. The van der Waals surface area contributed by atoms with Crippen LogP contribution in [0.3, 0.4) is 0 Å². The lowest BCUT2D eigenvalue weighted by atomic mass is 9.79. The van der Waals surface area contributed by atoms with Gasteiger partial charge in [0.15, 0.2) is 0 Å². The van der Waals surface area contributed by atoms with Crippen molar-refractivity contribution in [3.63, 3.8) is 0 Å². The first-order chi connectivity index (χ1) is 13.4. The number of halogens is 5. The smallest absolute Gasteiger partial charge is 0.400 e. The van der Waals surface area contributed by atoms with Gasteiger partial charge in [-0.15, -0.1) is 0 Å². The van der Waals surface area contributed by atoms with Gasteiger partial charge in [-0.05, 0) is 54.3 Å². The van der Waals surface area contributed by atoms with Crippen LogP contribution in [0.5, 0.6) is 0 Å². The zero-order chi connectivity index (χ0) is 21.4. The highest BCUT2D eigenvalue weighted by atomic mass is 35.5. The maximum absolute atomic E-state index is 14.1. The van der Waals surface area contributed by atoms with Crippen molar-refractivity contribution in [1.29, 1.82) is 0 Å². The topological polar surface area (TPSA) is 60.4 Å². The molecule has 1 unspecified atom stereocenters. The van der Waals surface area contributed by atoms with Gasteiger partial charge >= 0.3 is 6.18 Å². The van der Waals surface area contributed by atoms with Crippen LogP contribution in [0.4, 0.5) is 18.9 Å². The van der Waals surface area contributed by atoms with Gasteiger partial charge in [0.05, 0.1) is 10.1 Å². The van der Waals surface area contributed by atoms with Crippen molar-refractivity contribution >= 4 is 39.0 Å². The fraction of sp³-hybridized carbons (Fsp3) is 0.368. The van der Waals surface area contributed by atoms with Gasteiger partial charge in [-0.1, -0.05) is 35.3 Å². The minimum absolute atomic E-state index is 0.0299. The molecule has 0 aliphatic carbocycles. The molecule has 1 heterocycles. The number of alkyl halides is 3. The van der Waals surface area contributed by atoms with Crippen LogP contribution in [0.25, 0.3) is 0 Å². The predicted octanol–water partition coefficient (Wildman–Crippen LogP) is 4.79. The molecule has 0 radical (unpaired) electrons. The highest BCUT2D eigenvalue weighted by Gasteiger charge is 2.59. The van der Waals surface area contributed by atoms with E-state index in [1.165, 1.54) is 18.2 Å². The third-order valence-electron chi connectivity index (χ3n) is 5.17. The molecular weight excluding hydrogens is 450 g/mol. The summed E-state index contributed by atoms with van der Waals surface area (Å²) in [5.74, 6) is -0.525. The molecule has 2 aromatic carbocycles. The van der Waals surface area contributed by atoms with Gasteiger partial charge in [0.2, 0.25) is 0 Å². The third-order valence-corrected chi connectivity index (χ3v) is 6.31. The lowest BCUT2D eigenvalue weighted by Crippen LogP contribution is -2.44. The summed E-state index contributed by atoms with van der Waals surface area (Å²) in [6.07, 6.45) is -4.60. The Labute approximate surface area is 177 Å². The number of anilines is 1. The fourth-order valence-corrected chi connectivity index (χ4v) is 4.62. The molecule has 0 N–H and O–H groups in total. The minimum atomic E-state index is -4.50. The molecule has 2 aromatic rings. The Balaban J connectivity index is 1.85. The average Bonchev–Trinajstić information content (AvgIpc) is 3.06. The predicted molar refractivity (Wildman–Crippen MR) is 106 cm³/mol. The number of aryl methyl sites for hydroxylation is 1. The van der Waals surface area contributed by atoms with E-state index in [0.29, 0.717) is 11.3 Å². The molecule has 0 bridgehead atoms. The summed E-state index contributed by atoms with van der Waals surface area (Å²) in [5, 5.41) is 0.291. The molecule has 0 spiro atoms. The number of hydrogen-bond donors (Lipinski definition) is 0. The summed E-state index contributed by atoms with van der Waals surface area (Å²) in [6, 6.07) is 10.5. The molecule has 0 saturated carbocycles. The van der Waals surface area contributed by atoms with Gasteiger partial charge < -0.3 is 9.45 Å². The summed E-state index contributed by atoms with van der Waals surface area (Å²) in [5.41, 5.74) is -0.868. The van der Waals surface area contributed by atoms with Crippen LogP contribution in [0.15, 0.2) is 42.5 Å². The quantitative estimate of drug-likeness (QED) is 0.594. The average molecular weight is 467 g/mol. The van der Waals surface area contributed by atoms with E-state index in [1.54, 1.807) is 29.2 Å². The first kappa shape index (κ1) is 22.2. The number of rotatable bonds is 5. The molecule has 1 fully saturated rings. The van der Waals surface area contributed by atoms with Crippen LogP contribution in [0.2, 0.25) is 10.0 Å². The molecule has 0 amide bonds. The fourth-order valence-electron chi connectivity index (χ4n) is 3.61. The van der Waals surface area contributed by atoms with Crippen LogP contribution in [0.1, 0.15) is 17.5 Å². The van der Waals surface area contributed by atoms with E-state index in [0.717, 1.165) is 0 Å². The Hall–Kier alpha value is -1.48. The van der Waals surface area contributed by atoms with Crippen LogP contribution < -0.4 is 4.90 Å². The van der Waals surface area contributed by atoms with Gasteiger partial charge in [0, 0.05) is 34.6 Å². The van der Waals surface area contributed by atoms with E-state index in [2.05, 4.69) is 0 Å². The SMILES string of the molecule is O=S(=O)([O-])CCc1ccc(N2CCC(c3cc(Cl)cc(Cl)c3)(C(F)(F)F)C2)cc1. The second-order valence-corrected chi connectivity index (χ2v) is 9.48. The van der Waals surface area contributed by atoms with Crippen LogP contribution in [0, 0.1) is 0 Å². The second kappa shape index (κ2) is 7.98. The zero-order valence-electron chi connectivity index (χ0n) is 15.0. The molecule has 1 atom stereocenters. The summed E-state index contributed by atoms with van der Waals surface area (Å²) in [6.45, 7) is -0.112. The highest BCUT2D eigenvalue weighted by molar-refractivity contribution is 7.85. The molecule has 1 aliphatic heterocycles. The van der Waals surface area contributed by atoms with Crippen molar-refractivity contribution in [3.05, 3.63) is 63.6 Å². The highest BCUT2D eigenvalue weighted by Crippen LogP contribution is 2.49. The first-order valence-electron chi connectivity index (χ1n) is 8.70. The number of nitrogens with zero attached hydrogens (tertiary/aromatic N) is 1. The summed E-state index contributed by atoms with van der Waals surface area (Å²) in [4.78, 5) is 1.62. The minimum Gasteiger partial charge on any atom is -0.748 e. The van der Waals surface area contributed by atoms with Crippen molar-refractivity contribution in [2.75, 3.05) is 23.7 Å². The van der Waals surface area contributed by atoms with Crippen LogP contribution in [-0.4, -0.2) is 38.0 Å². The maximum Gasteiger partial charge on any atom is 0.400 e. The molecule has 10 heteroatoms. The van der Waals surface area contributed by atoms with Gasteiger partial charge in [0.25, 0.3) is 0 Å². The lowest BCUT2D eigenvalue weighted by molar-refractivity contribution is -0.184. The summed E-state index contributed by atoms with van der Waals surface area (Å²) >= 11 is 11.9. The van der Waals surface area contributed by atoms with Gasteiger partial charge in [-0.3, -0.25) is 0 Å². The lowest BCUT2D eigenvalue weighted by Gasteiger charge is -2.33. The van der Waals surface area contributed by atoms with E-state index in [-0.39, 0.29) is 41.5 Å². The maximum atomic E-state index is 14.1. The van der Waals surface area contributed by atoms with Crippen molar-refractivity contribution < 1.29 is 26.1 Å². The van der Waals surface area contributed by atoms with E-state index in [4.69, 9.17) is 23.2 Å². The Bertz CT molecular complexity index is 976. The normalized spacial score (nSPS) is 20.3. The van der Waals surface area contributed by atoms with Crippen molar-refractivity contribution in [3.8, 4) is 0 Å². The van der Waals surface area contributed by atoms with E-state index in [9.17, 15) is 26.1 Å². The Kier molecular flexibility index (Phi) is 6.11. The van der Waals surface area contributed by atoms with Crippen LogP contribution in [-0.2, 0) is 22.0 Å². The number of hydrogen-bond acceptors (Lipinski definition) is 4. The second-order valence-electron chi connectivity index (χ2n) is 7.09. The molecule has 3 rings (SSSR count).